The van der Waals surface area contributed by atoms with Crippen LogP contribution in [-0.4, -0.2) is 13.6 Å². The van der Waals surface area contributed by atoms with E-state index in [4.69, 9.17) is 0 Å². The fourth-order valence-electron chi connectivity index (χ4n) is 3.68. The van der Waals surface area contributed by atoms with Gasteiger partial charge in [0.25, 0.3) is 0 Å². The van der Waals surface area contributed by atoms with Crippen molar-refractivity contribution in [2.75, 3.05) is 0 Å². The SMILES string of the molecule is CCC1(CCCc2cc(O)c(O)c(CCCC3(I)CC3)c2)CC1. The van der Waals surface area contributed by atoms with Crippen molar-refractivity contribution in [3.8, 4) is 11.5 Å². The number of aromatic hydroxyl groups is 2. The molecule has 0 bridgehead atoms. The van der Waals surface area contributed by atoms with E-state index in [0.717, 1.165) is 24.8 Å². The minimum Gasteiger partial charge on any atom is -0.504 e. The Bertz CT molecular complexity index is 559. The maximum atomic E-state index is 10.1. The normalized spacial score (nSPS) is 20.4. The van der Waals surface area contributed by atoms with Gasteiger partial charge in [-0.3, -0.25) is 0 Å². The molecule has 0 heterocycles. The third-order valence-corrected chi connectivity index (χ3v) is 7.59. The second kappa shape index (κ2) is 6.81. The molecule has 2 saturated carbocycles. The highest BCUT2D eigenvalue weighted by Crippen LogP contribution is 2.52. The van der Waals surface area contributed by atoms with Crippen LogP contribution in [0.25, 0.3) is 0 Å². The lowest BCUT2D eigenvalue weighted by Gasteiger charge is -2.13. The molecule has 0 unspecified atom stereocenters. The second-order valence-corrected chi connectivity index (χ2v) is 10.1. The molecule has 0 spiro atoms. The average Bonchev–Trinajstić information content (AvgIpc) is 3.43. The number of rotatable bonds is 9. The van der Waals surface area contributed by atoms with Crippen LogP contribution in [0.1, 0.15) is 75.8 Å². The van der Waals surface area contributed by atoms with Gasteiger partial charge in [-0.25, -0.2) is 0 Å². The van der Waals surface area contributed by atoms with Crippen LogP contribution in [0, 0.1) is 5.41 Å². The minimum absolute atomic E-state index is 0.0599. The van der Waals surface area contributed by atoms with Gasteiger partial charge in [-0.1, -0.05) is 42.0 Å². The van der Waals surface area contributed by atoms with Crippen LogP contribution < -0.4 is 0 Å². The lowest BCUT2D eigenvalue weighted by atomic mass is 9.93. The van der Waals surface area contributed by atoms with Crippen LogP contribution in [0.15, 0.2) is 12.1 Å². The van der Waals surface area contributed by atoms with E-state index < -0.39 is 0 Å². The molecule has 0 aromatic heterocycles. The highest BCUT2D eigenvalue weighted by atomic mass is 127. The zero-order chi connectivity index (χ0) is 16.5. The summed E-state index contributed by atoms with van der Waals surface area (Å²) in [5.74, 6) is 0.156. The Balaban J connectivity index is 1.55. The van der Waals surface area contributed by atoms with Gasteiger partial charge in [0.1, 0.15) is 0 Å². The predicted molar refractivity (Wildman–Crippen MR) is 104 cm³/mol. The standard InChI is InChI=1S/C20H29IO2/c1-2-19(9-10-19)7-3-5-15-13-16(18(23)17(22)14-15)6-4-8-20(21)11-12-20/h13-14,22-23H,2-12H2,1H3. The van der Waals surface area contributed by atoms with Crippen molar-refractivity contribution < 1.29 is 10.2 Å². The molecule has 0 atom stereocenters. The van der Waals surface area contributed by atoms with Crippen molar-refractivity contribution in [2.24, 2.45) is 5.41 Å². The Hall–Kier alpha value is -0.450. The molecule has 128 valence electrons. The van der Waals surface area contributed by atoms with Crippen molar-refractivity contribution >= 4 is 22.6 Å². The zero-order valence-corrected chi connectivity index (χ0v) is 16.4. The number of benzene rings is 1. The highest BCUT2D eigenvalue weighted by Gasteiger charge is 2.39. The number of phenols is 2. The third kappa shape index (κ3) is 4.55. The Morgan fingerprint density at radius 3 is 2.30 bits per heavy atom. The van der Waals surface area contributed by atoms with Gasteiger partial charge in [-0.05, 0) is 86.8 Å². The van der Waals surface area contributed by atoms with Crippen LogP contribution in [0.5, 0.6) is 11.5 Å². The summed E-state index contributed by atoms with van der Waals surface area (Å²) in [5, 5.41) is 20.1. The third-order valence-electron chi connectivity index (χ3n) is 5.97. The monoisotopic (exact) mass is 428 g/mol. The molecular weight excluding hydrogens is 399 g/mol. The molecule has 23 heavy (non-hydrogen) atoms. The van der Waals surface area contributed by atoms with Gasteiger partial charge < -0.3 is 10.2 Å². The topological polar surface area (TPSA) is 40.5 Å². The molecular formula is C20H29IO2. The quantitative estimate of drug-likeness (QED) is 0.292. The van der Waals surface area contributed by atoms with E-state index in [9.17, 15) is 10.2 Å². The summed E-state index contributed by atoms with van der Waals surface area (Å²) >= 11 is 2.58. The molecule has 0 radical (unpaired) electrons. The molecule has 0 saturated heterocycles. The molecule has 2 N–H and O–H groups in total. The summed E-state index contributed by atoms with van der Waals surface area (Å²) in [4.78, 5) is 0. The molecule has 1 aromatic carbocycles. The zero-order valence-electron chi connectivity index (χ0n) is 14.2. The molecule has 3 rings (SSSR count). The van der Waals surface area contributed by atoms with Crippen LogP contribution >= 0.6 is 22.6 Å². The predicted octanol–water partition coefficient (Wildman–Crippen LogP) is 5.90. The van der Waals surface area contributed by atoms with Crippen molar-refractivity contribution in [1.29, 1.82) is 0 Å². The summed E-state index contributed by atoms with van der Waals surface area (Å²) in [5.41, 5.74) is 2.75. The summed E-state index contributed by atoms with van der Waals surface area (Å²) in [7, 11) is 0. The molecule has 3 heteroatoms. The first-order valence-corrected chi connectivity index (χ1v) is 10.3. The Labute approximate surface area is 153 Å². The van der Waals surface area contributed by atoms with E-state index in [1.54, 1.807) is 6.07 Å². The van der Waals surface area contributed by atoms with Crippen LogP contribution in [-0.2, 0) is 12.8 Å². The first kappa shape index (κ1) is 17.4. The molecule has 2 aliphatic rings. The number of phenolic OH excluding ortho intramolecular Hbond substituents is 2. The lowest BCUT2D eigenvalue weighted by molar-refractivity contribution is 0.397. The summed E-state index contributed by atoms with van der Waals surface area (Å²) in [6.07, 6.45) is 13.5. The van der Waals surface area contributed by atoms with Gasteiger partial charge in [-0.15, -0.1) is 0 Å². The van der Waals surface area contributed by atoms with Crippen molar-refractivity contribution in [1.82, 2.24) is 0 Å². The molecule has 2 aliphatic carbocycles. The largest absolute Gasteiger partial charge is 0.504 e. The van der Waals surface area contributed by atoms with Crippen LogP contribution in [0.4, 0.5) is 0 Å². The van der Waals surface area contributed by atoms with Gasteiger partial charge in [0.05, 0.1) is 0 Å². The number of hydrogen-bond donors (Lipinski definition) is 2. The van der Waals surface area contributed by atoms with Crippen molar-refractivity contribution in [3.63, 3.8) is 0 Å². The summed E-state index contributed by atoms with van der Waals surface area (Å²) in [6.45, 7) is 2.30. The Kier molecular flexibility index (Phi) is 5.15. The number of halogens is 1. The molecule has 0 amide bonds. The average molecular weight is 428 g/mol. The lowest BCUT2D eigenvalue weighted by Crippen LogP contribution is -2.00. The number of alkyl halides is 1. The molecule has 2 nitrogen and oxygen atoms in total. The number of aryl methyl sites for hydroxylation is 2. The second-order valence-electron chi connectivity index (χ2n) is 7.83. The van der Waals surface area contributed by atoms with Crippen molar-refractivity contribution in [3.05, 3.63) is 23.3 Å². The fraction of sp³-hybridized carbons (Fsp3) is 0.700. The maximum Gasteiger partial charge on any atom is 0.160 e. The summed E-state index contributed by atoms with van der Waals surface area (Å²) < 4.78 is 0.534. The van der Waals surface area contributed by atoms with Crippen LogP contribution in [0.3, 0.4) is 0 Å². The van der Waals surface area contributed by atoms with E-state index in [0.29, 0.717) is 8.84 Å². The molecule has 1 aromatic rings. The smallest absolute Gasteiger partial charge is 0.160 e. The number of hydrogen-bond acceptors (Lipinski definition) is 2. The summed E-state index contributed by atoms with van der Waals surface area (Å²) in [6, 6.07) is 3.87. The van der Waals surface area contributed by atoms with Gasteiger partial charge in [0.15, 0.2) is 11.5 Å². The van der Waals surface area contributed by atoms with E-state index >= 15 is 0 Å². The van der Waals surface area contributed by atoms with Gasteiger partial charge in [-0.2, -0.15) is 0 Å². The van der Waals surface area contributed by atoms with E-state index in [-0.39, 0.29) is 11.5 Å². The van der Waals surface area contributed by atoms with Crippen molar-refractivity contribution in [2.45, 2.75) is 81.0 Å². The van der Waals surface area contributed by atoms with E-state index in [1.165, 1.54) is 56.9 Å². The minimum atomic E-state index is 0.0599. The Morgan fingerprint density at radius 1 is 1.00 bits per heavy atom. The van der Waals surface area contributed by atoms with E-state index in [1.807, 2.05) is 0 Å². The van der Waals surface area contributed by atoms with Crippen LogP contribution in [0.2, 0.25) is 0 Å². The molecule has 0 aliphatic heterocycles. The molecule has 2 fully saturated rings. The van der Waals surface area contributed by atoms with Gasteiger partial charge in [0.2, 0.25) is 0 Å². The van der Waals surface area contributed by atoms with Gasteiger partial charge >= 0.3 is 0 Å². The van der Waals surface area contributed by atoms with E-state index in [2.05, 4.69) is 35.6 Å². The highest BCUT2D eigenvalue weighted by molar-refractivity contribution is 14.1. The first-order valence-electron chi connectivity index (χ1n) is 9.18. The maximum absolute atomic E-state index is 10.1. The Morgan fingerprint density at radius 2 is 1.70 bits per heavy atom. The fourth-order valence-corrected chi connectivity index (χ4v) is 4.33. The first-order chi connectivity index (χ1) is 11.0. The van der Waals surface area contributed by atoms with Gasteiger partial charge in [0, 0.05) is 3.42 Å².